The number of halogens is 4. The zero-order valence-corrected chi connectivity index (χ0v) is 15.1. The quantitative estimate of drug-likeness (QED) is 0.510. The van der Waals surface area contributed by atoms with E-state index in [9.17, 15) is 13.2 Å². The maximum Gasteiger partial charge on any atom is 0.433 e. The first-order valence-corrected chi connectivity index (χ1v) is 8.71. The molecular formula is C20H13ClF3N4. The summed E-state index contributed by atoms with van der Waals surface area (Å²) in [6, 6.07) is 7.92. The summed E-state index contributed by atoms with van der Waals surface area (Å²) in [6.07, 6.45) is 4.28. The van der Waals surface area contributed by atoms with Crippen LogP contribution in [0, 0.1) is 6.42 Å². The average molecular weight is 402 g/mol. The fraction of sp³-hybridized carbons (Fsp3) is 0.100. The zero-order chi connectivity index (χ0) is 19.7. The lowest BCUT2D eigenvalue weighted by atomic mass is 10.1. The van der Waals surface area contributed by atoms with Crippen molar-refractivity contribution in [3.63, 3.8) is 0 Å². The van der Waals surface area contributed by atoms with Crippen molar-refractivity contribution in [3.8, 4) is 0 Å². The third-order valence-corrected chi connectivity index (χ3v) is 4.42. The van der Waals surface area contributed by atoms with Crippen LogP contribution in [0.1, 0.15) is 28.1 Å². The van der Waals surface area contributed by atoms with Gasteiger partial charge in [0.1, 0.15) is 11.3 Å². The van der Waals surface area contributed by atoms with Crippen LogP contribution in [-0.4, -0.2) is 19.9 Å². The van der Waals surface area contributed by atoms with Crippen LogP contribution in [0.25, 0.3) is 11.0 Å². The number of nitrogens with zero attached hydrogens (tertiary/aromatic N) is 3. The molecule has 28 heavy (non-hydrogen) atoms. The van der Waals surface area contributed by atoms with Gasteiger partial charge in [-0.15, -0.1) is 0 Å². The van der Waals surface area contributed by atoms with Crippen molar-refractivity contribution in [3.05, 3.63) is 94.6 Å². The monoisotopic (exact) mass is 401 g/mol. The molecule has 4 heterocycles. The van der Waals surface area contributed by atoms with Crippen molar-refractivity contribution >= 4 is 22.6 Å². The highest BCUT2D eigenvalue weighted by atomic mass is 35.5. The number of nitrogens with one attached hydrogen (secondary N) is 1. The minimum Gasteiger partial charge on any atom is -0.346 e. The largest absolute Gasteiger partial charge is 0.433 e. The standard InChI is InChI=1S/C20H13ClF3N4/c21-15-7-17-14(10-27-19(17)28-11-15)5-12-1-3-16(25-8-12)6-13-2-4-18(26-9-13)20(22,23)24/h1-4,6-11H,5H2,(H,27,28). The van der Waals surface area contributed by atoms with Gasteiger partial charge in [0.05, 0.1) is 5.02 Å². The normalized spacial score (nSPS) is 11.9. The number of H-pyrrole nitrogens is 1. The van der Waals surface area contributed by atoms with Gasteiger partial charge in [-0.05, 0) is 34.9 Å². The lowest BCUT2D eigenvalue weighted by Gasteiger charge is -2.07. The second-order valence-electron chi connectivity index (χ2n) is 6.25. The molecule has 0 unspecified atom stereocenters. The fourth-order valence-corrected chi connectivity index (χ4v) is 3.01. The summed E-state index contributed by atoms with van der Waals surface area (Å²) >= 11 is 6.02. The molecule has 8 heteroatoms. The molecule has 4 aromatic heterocycles. The third-order valence-electron chi connectivity index (χ3n) is 4.22. The van der Waals surface area contributed by atoms with Crippen LogP contribution in [0.5, 0.6) is 0 Å². The summed E-state index contributed by atoms with van der Waals surface area (Å²) in [5.41, 5.74) is 3.08. The van der Waals surface area contributed by atoms with E-state index in [2.05, 4.69) is 19.9 Å². The number of hydrogen-bond acceptors (Lipinski definition) is 3. The second kappa shape index (κ2) is 7.24. The molecule has 0 saturated heterocycles. The van der Waals surface area contributed by atoms with Crippen molar-refractivity contribution in [1.82, 2.24) is 19.9 Å². The van der Waals surface area contributed by atoms with Crippen LogP contribution in [0.15, 0.2) is 55.1 Å². The number of alkyl halides is 3. The van der Waals surface area contributed by atoms with Gasteiger partial charge in [-0.3, -0.25) is 9.97 Å². The molecule has 0 aliphatic heterocycles. The van der Waals surface area contributed by atoms with Crippen molar-refractivity contribution in [2.24, 2.45) is 0 Å². The van der Waals surface area contributed by atoms with Crippen LogP contribution in [0.4, 0.5) is 13.2 Å². The van der Waals surface area contributed by atoms with Gasteiger partial charge in [0.25, 0.3) is 0 Å². The number of aromatic amines is 1. The van der Waals surface area contributed by atoms with E-state index in [-0.39, 0.29) is 0 Å². The Labute approximate surface area is 163 Å². The summed E-state index contributed by atoms with van der Waals surface area (Å²) in [6.45, 7) is 0. The molecule has 4 nitrogen and oxygen atoms in total. The summed E-state index contributed by atoms with van der Waals surface area (Å²) in [7, 11) is 0. The molecule has 0 bridgehead atoms. The SMILES string of the molecule is FC(F)(F)c1ccc([CH]c2ccc(Cc3c[nH]c4ncc(Cl)cc34)cn2)cn1. The molecule has 0 fully saturated rings. The van der Waals surface area contributed by atoms with E-state index in [1.165, 1.54) is 12.3 Å². The van der Waals surface area contributed by atoms with Crippen molar-refractivity contribution in [2.75, 3.05) is 0 Å². The van der Waals surface area contributed by atoms with E-state index in [0.717, 1.165) is 28.2 Å². The second-order valence-corrected chi connectivity index (χ2v) is 6.69. The van der Waals surface area contributed by atoms with Gasteiger partial charge in [-0.2, -0.15) is 13.2 Å². The summed E-state index contributed by atoms with van der Waals surface area (Å²) in [5.74, 6) is 0. The van der Waals surface area contributed by atoms with E-state index in [0.29, 0.717) is 22.7 Å². The first-order chi connectivity index (χ1) is 13.4. The molecule has 4 aromatic rings. The van der Waals surface area contributed by atoms with Gasteiger partial charge in [-0.1, -0.05) is 23.7 Å². The highest BCUT2D eigenvalue weighted by Crippen LogP contribution is 2.27. The van der Waals surface area contributed by atoms with E-state index >= 15 is 0 Å². The Kier molecular flexibility index (Phi) is 4.77. The van der Waals surface area contributed by atoms with Crippen LogP contribution < -0.4 is 0 Å². The summed E-state index contributed by atoms with van der Waals surface area (Å²) < 4.78 is 37.7. The minimum atomic E-state index is -4.44. The highest BCUT2D eigenvalue weighted by Gasteiger charge is 2.31. The van der Waals surface area contributed by atoms with Crippen molar-refractivity contribution in [2.45, 2.75) is 12.6 Å². The molecule has 0 aromatic carbocycles. The molecular weight excluding hydrogens is 389 g/mol. The Morgan fingerprint density at radius 3 is 2.54 bits per heavy atom. The minimum absolute atomic E-state index is 0.547. The molecule has 0 spiro atoms. The Morgan fingerprint density at radius 1 is 1.00 bits per heavy atom. The Bertz CT molecular complexity index is 1100. The van der Waals surface area contributed by atoms with Gasteiger partial charge in [0, 0.05) is 48.7 Å². The van der Waals surface area contributed by atoms with Gasteiger partial charge < -0.3 is 4.98 Å². The van der Waals surface area contributed by atoms with Crippen LogP contribution in [-0.2, 0) is 12.6 Å². The Morgan fingerprint density at radius 2 is 1.86 bits per heavy atom. The molecule has 0 aliphatic rings. The number of fused-ring (bicyclic) bond motifs is 1. The van der Waals surface area contributed by atoms with Crippen molar-refractivity contribution in [1.29, 1.82) is 0 Å². The van der Waals surface area contributed by atoms with E-state index in [1.807, 2.05) is 24.4 Å². The summed E-state index contributed by atoms with van der Waals surface area (Å²) in [4.78, 5) is 15.2. The zero-order valence-electron chi connectivity index (χ0n) is 14.3. The smallest absolute Gasteiger partial charge is 0.346 e. The highest BCUT2D eigenvalue weighted by molar-refractivity contribution is 6.31. The first-order valence-electron chi connectivity index (χ1n) is 8.33. The topological polar surface area (TPSA) is 54.5 Å². The Balaban J connectivity index is 1.47. The lowest BCUT2D eigenvalue weighted by Crippen LogP contribution is -2.07. The van der Waals surface area contributed by atoms with Gasteiger partial charge in [0.2, 0.25) is 0 Å². The van der Waals surface area contributed by atoms with E-state index < -0.39 is 11.9 Å². The van der Waals surface area contributed by atoms with E-state index in [4.69, 9.17) is 11.6 Å². The molecule has 0 saturated carbocycles. The average Bonchev–Trinajstić information content (AvgIpc) is 3.05. The number of hydrogen-bond donors (Lipinski definition) is 1. The Hall–Kier alpha value is -2.93. The first kappa shape index (κ1) is 18.4. The molecule has 1 radical (unpaired) electrons. The fourth-order valence-electron chi connectivity index (χ4n) is 2.85. The molecule has 4 rings (SSSR count). The predicted octanol–water partition coefficient (Wildman–Crippen LogP) is 5.22. The van der Waals surface area contributed by atoms with Crippen molar-refractivity contribution < 1.29 is 13.2 Å². The van der Waals surface area contributed by atoms with E-state index in [1.54, 1.807) is 18.8 Å². The van der Waals surface area contributed by atoms with Crippen LogP contribution in [0.3, 0.4) is 0 Å². The number of rotatable bonds is 4. The van der Waals surface area contributed by atoms with Gasteiger partial charge >= 0.3 is 6.18 Å². The predicted molar refractivity (Wildman–Crippen MR) is 99.9 cm³/mol. The van der Waals surface area contributed by atoms with Gasteiger partial charge in [0.15, 0.2) is 0 Å². The molecule has 0 atom stereocenters. The van der Waals surface area contributed by atoms with Gasteiger partial charge in [-0.25, -0.2) is 4.98 Å². The number of aromatic nitrogens is 4. The molecule has 141 valence electrons. The number of pyridine rings is 3. The summed E-state index contributed by atoms with van der Waals surface area (Å²) in [5, 5.41) is 1.53. The maximum absolute atomic E-state index is 12.6. The van der Waals surface area contributed by atoms with Crippen LogP contribution >= 0.6 is 11.6 Å². The maximum atomic E-state index is 12.6. The lowest BCUT2D eigenvalue weighted by molar-refractivity contribution is -0.141. The molecule has 1 N–H and O–H groups in total. The third kappa shape index (κ3) is 3.99. The molecule has 0 aliphatic carbocycles. The molecule has 0 amide bonds. The van der Waals surface area contributed by atoms with Crippen LogP contribution in [0.2, 0.25) is 5.02 Å².